The van der Waals surface area contributed by atoms with Crippen molar-refractivity contribution in [3.8, 4) is 0 Å². The van der Waals surface area contributed by atoms with Gasteiger partial charge in [0.15, 0.2) is 5.82 Å². The maximum absolute atomic E-state index is 11.6. The molecule has 1 fully saturated rings. The van der Waals surface area contributed by atoms with Crippen molar-refractivity contribution in [2.75, 3.05) is 36.8 Å². The Morgan fingerprint density at radius 1 is 1.40 bits per heavy atom. The van der Waals surface area contributed by atoms with E-state index in [4.69, 9.17) is 11.5 Å². The van der Waals surface area contributed by atoms with Crippen LogP contribution in [0.1, 0.15) is 25.5 Å². The van der Waals surface area contributed by atoms with Crippen LogP contribution in [0.2, 0.25) is 0 Å². The number of anilines is 2. The maximum Gasteiger partial charge on any atom is 0.220 e. The average molecular weight is 341 g/mol. The second-order valence-corrected chi connectivity index (χ2v) is 6.80. The Morgan fingerprint density at radius 3 is 2.96 bits per heavy atom. The van der Waals surface area contributed by atoms with E-state index in [1.807, 2.05) is 4.52 Å². The highest BCUT2D eigenvalue weighted by molar-refractivity contribution is 5.89. The van der Waals surface area contributed by atoms with Crippen molar-refractivity contribution in [1.82, 2.24) is 19.5 Å². The van der Waals surface area contributed by atoms with Crippen LogP contribution < -0.4 is 16.4 Å². The molecule has 0 spiro atoms. The van der Waals surface area contributed by atoms with Crippen molar-refractivity contribution in [2.24, 2.45) is 5.73 Å². The molecule has 0 bridgehead atoms. The van der Waals surface area contributed by atoms with Gasteiger partial charge in [0, 0.05) is 39.1 Å². The fraction of sp³-hybridized carbons (Fsp3) is 0.471. The van der Waals surface area contributed by atoms with Gasteiger partial charge in [-0.25, -0.2) is 9.50 Å². The number of nitrogen functional groups attached to an aromatic ring is 1. The number of nitrogens with zero attached hydrogens (tertiary/aromatic N) is 5. The smallest absolute Gasteiger partial charge is 0.220 e. The molecule has 2 aromatic rings. The Labute approximate surface area is 146 Å². The molecule has 132 valence electrons. The third-order valence-corrected chi connectivity index (χ3v) is 5.05. The Balaban J connectivity index is 1.79. The molecule has 2 aromatic heterocycles. The van der Waals surface area contributed by atoms with Crippen LogP contribution in [-0.2, 0) is 4.79 Å². The van der Waals surface area contributed by atoms with Crippen molar-refractivity contribution in [3.63, 3.8) is 0 Å². The summed E-state index contributed by atoms with van der Waals surface area (Å²) in [7, 11) is 0. The van der Waals surface area contributed by atoms with E-state index in [9.17, 15) is 4.79 Å². The molecule has 0 aromatic carbocycles. The van der Waals surface area contributed by atoms with Crippen LogP contribution in [0.5, 0.6) is 0 Å². The number of fused-ring (bicyclic) bond motifs is 1. The van der Waals surface area contributed by atoms with Gasteiger partial charge in [-0.05, 0) is 24.5 Å². The number of amides is 1. The summed E-state index contributed by atoms with van der Waals surface area (Å²) in [6.07, 6.45) is 5.64. The van der Waals surface area contributed by atoms with Gasteiger partial charge in [0.2, 0.25) is 5.91 Å². The summed E-state index contributed by atoms with van der Waals surface area (Å²) in [4.78, 5) is 19.9. The standard InChI is InChI=1S/C17H23N7O/c1-11(25)22-6-4-12(8-22)14-7-15(23-5-2-3-13(18)9-23)16-17(19)20-10-21-24(14)16/h4,7,10,13H,2-3,5-6,8-9,18H2,1H3,(H2,19,20,21)/t13-/m1/s1. The number of aromatic nitrogens is 3. The second-order valence-electron chi connectivity index (χ2n) is 6.80. The number of piperidine rings is 1. The van der Waals surface area contributed by atoms with E-state index in [1.54, 1.807) is 11.8 Å². The Morgan fingerprint density at radius 2 is 2.24 bits per heavy atom. The van der Waals surface area contributed by atoms with Crippen molar-refractivity contribution < 1.29 is 4.79 Å². The Kier molecular flexibility index (Phi) is 3.84. The molecule has 0 aliphatic carbocycles. The fourth-order valence-electron chi connectivity index (χ4n) is 3.73. The summed E-state index contributed by atoms with van der Waals surface area (Å²) < 4.78 is 1.84. The van der Waals surface area contributed by atoms with Gasteiger partial charge in [-0.3, -0.25) is 4.79 Å². The molecule has 25 heavy (non-hydrogen) atoms. The summed E-state index contributed by atoms with van der Waals surface area (Å²) in [6, 6.07) is 2.27. The number of hydrogen-bond donors (Lipinski definition) is 2. The zero-order chi connectivity index (χ0) is 17.6. The molecule has 1 atom stereocenters. The molecule has 0 saturated carbocycles. The molecular weight excluding hydrogens is 318 g/mol. The van der Waals surface area contributed by atoms with Gasteiger partial charge < -0.3 is 21.3 Å². The minimum atomic E-state index is 0.0727. The first kappa shape index (κ1) is 15.9. The zero-order valence-electron chi connectivity index (χ0n) is 14.4. The third-order valence-electron chi connectivity index (χ3n) is 5.05. The van der Waals surface area contributed by atoms with Crippen LogP contribution in [0.4, 0.5) is 11.5 Å². The molecule has 1 amide bonds. The summed E-state index contributed by atoms with van der Waals surface area (Å²) in [5, 5.41) is 4.41. The molecule has 2 aliphatic rings. The van der Waals surface area contributed by atoms with E-state index in [0.29, 0.717) is 18.9 Å². The number of hydrogen-bond acceptors (Lipinski definition) is 6. The van der Waals surface area contributed by atoms with Crippen LogP contribution in [0.15, 0.2) is 18.5 Å². The lowest BCUT2D eigenvalue weighted by Gasteiger charge is -2.32. The Hall–Kier alpha value is -2.61. The third kappa shape index (κ3) is 2.72. The molecule has 1 saturated heterocycles. The van der Waals surface area contributed by atoms with Crippen molar-refractivity contribution in [2.45, 2.75) is 25.8 Å². The predicted molar refractivity (Wildman–Crippen MR) is 97.1 cm³/mol. The minimum Gasteiger partial charge on any atom is -0.382 e. The van der Waals surface area contributed by atoms with Gasteiger partial charge in [-0.2, -0.15) is 5.10 Å². The number of rotatable bonds is 2. The fourth-order valence-corrected chi connectivity index (χ4v) is 3.73. The summed E-state index contributed by atoms with van der Waals surface area (Å²) in [6.45, 7) is 4.55. The van der Waals surface area contributed by atoms with Crippen LogP contribution in [0.25, 0.3) is 11.1 Å². The zero-order valence-corrected chi connectivity index (χ0v) is 14.4. The van der Waals surface area contributed by atoms with E-state index < -0.39 is 0 Å². The molecule has 2 aliphatic heterocycles. The van der Waals surface area contributed by atoms with Crippen molar-refractivity contribution >= 4 is 28.5 Å². The molecule has 4 heterocycles. The highest BCUT2D eigenvalue weighted by Crippen LogP contribution is 2.34. The normalized spacial score (nSPS) is 21.0. The molecule has 8 nitrogen and oxygen atoms in total. The lowest BCUT2D eigenvalue weighted by atomic mass is 10.1. The minimum absolute atomic E-state index is 0.0727. The number of carbonyl (C=O) groups excluding carboxylic acids is 1. The number of carbonyl (C=O) groups is 1. The lowest BCUT2D eigenvalue weighted by Crippen LogP contribution is -2.42. The van der Waals surface area contributed by atoms with Gasteiger partial charge in [0.05, 0.1) is 11.4 Å². The van der Waals surface area contributed by atoms with Gasteiger partial charge >= 0.3 is 0 Å². The summed E-state index contributed by atoms with van der Waals surface area (Å²) in [5.41, 5.74) is 16.2. The number of nitrogens with two attached hydrogens (primary N) is 2. The SMILES string of the molecule is CC(=O)N1CC=C(c2cc(N3CCC[C@@H](N)C3)c3c(N)ncnn23)C1. The summed E-state index contributed by atoms with van der Waals surface area (Å²) in [5.74, 6) is 0.529. The van der Waals surface area contributed by atoms with Crippen LogP contribution in [0.3, 0.4) is 0 Å². The largest absolute Gasteiger partial charge is 0.382 e. The molecule has 8 heteroatoms. The quantitative estimate of drug-likeness (QED) is 0.823. The van der Waals surface area contributed by atoms with Gasteiger partial charge in [0.25, 0.3) is 0 Å². The van der Waals surface area contributed by atoms with E-state index in [2.05, 4.69) is 27.1 Å². The Bertz CT molecular complexity index is 856. The topological polar surface area (TPSA) is 106 Å². The lowest BCUT2D eigenvalue weighted by molar-refractivity contribution is -0.127. The highest BCUT2D eigenvalue weighted by Gasteiger charge is 2.26. The maximum atomic E-state index is 11.6. The van der Waals surface area contributed by atoms with Crippen molar-refractivity contribution in [1.29, 1.82) is 0 Å². The summed E-state index contributed by atoms with van der Waals surface area (Å²) >= 11 is 0. The highest BCUT2D eigenvalue weighted by atomic mass is 16.2. The molecule has 4 N–H and O–H groups in total. The first-order valence-corrected chi connectivity index (χ1v) is 8.62. The van der Waals surface area contributed by atoms with Crippen LogP contribution in [-0.4, -0.2) is 57.6 Å². The van der Waals surface area contributed by atoms with Crippen LogP contribution in [0, 0.1) is 0 Å². The molecular formula is C17H23N7O. The van der Waals surface area contributed by atoms with Gasteiger partial charge in [-0.1, -0.05) is 6.08 Å². The van der Waals surface area contributed by atoms with Crippen LogP contribution >= 0.6 is 0 Å². The van der Waals surface area contributed by atoms with E-state index in [1.165, 1.54) is 6.33 Å². The predicted octanol–water partition coefficient (Wildman–Crippen LogP) is 0.485. The van der Waals surface area contributed by atoms with Crippen molar-refractivity contribution in [3.05, 3.63) is 24.2 Å². The first-order valence-electron chi connectivity index (χ1n) is 8.62. The first-order chi connectivity index (χ1) is 12.0. The van der Waals surface area contributed by atoms with Gasteiger partial charge in [-0.15, -0.1) is 0 Å². The molecule has 0 unspecified atom stereocenters. The van der Waals surface area contributed by atoms with E-state index in [0.717, 1.165) is 48.4 Å². The van der Waals surface area contributed by atoms with Gasteiger partial charge in [0.1, 0.15) is 11.8 Å². The van der Waals surface area contributed by atoms with E-state index >= 15 is 0 Å². The molecule has 4 rings (SSSR count). The van der Waals surface area contributed by atoms with E-state index in [-0.39, 0.29) is 11.9 Å². The molecule has 0 radical (unpaired) electrons. The monoisotopic (exact) mass is 341 g/mol. The average Bonchev–Trinajstić information content (AvgIpc) is 3.20. The second kappa shape index (κ2) is 6.03.